The zero-order valence-corrected chi connectivity index (χ0v) is 20.1. The van der Waals surface area contributed by atoms with Gasteiger partial charge in [-0.3, -0.25) is 4.57 Å². The molecule has 5 nitrogen and oxygen atoms in total. The van der Waals surface area contributed by atoms with Crippen molar-refractivity contribution in [3.63, 3.8) is 0 Å². The molecule has 0 unspecified atom stereocenters. The maximum atomic E-state index is 14.4. The molecule has 178 valence electrons. The molecule has 0 spiro atoms. The molecular weight excluding hydrogens is 455 g/mol. The van der Waals surface area contributed by atoms with E-state index in [1.807, 2.05) is 71.3 Å². The van der Waals surface area contributed by atoms with Crippen LogP contribution in [-0.4, -0.2) is 30.9 Å². The molecule has 0 amide bonds. The number of hydrogen-bond acceptors (Lipinski definition) is 4. The van der Waals surface area contributed by atoms with Crippen molar-refractivity contribution in [2.45, 2.75) is 0 Å². The van der Waals surface area contributed by atoms with Gasteiger partial charge >= 0.3 is 0 Å². The fourth-order valence-corrected chi connectivity index (χ4v) is 4.98. The highest BCUT2D eigenvalue weighted by Gasteiger charge is 2.23. The van der Waals surface area contributed by atoms with Gasteiger partial charge in [-0.15, -0.1) is 0 Å². The number of benzene rings is 5. The largest absolute Gasteiger partial charge is 0.496 e. The van der Waals surface area contributed by atoms with Gasteiger partial charge in [-0.2, -0.15) is 0 Å². The van der Waals surface area contributed by atoms with E-state index in [1.165, 1.54) is 12.1 Å². The number of rotatable bonds is 5. The van der Waals surface area contributed by atoms with E-state index in [9.17, 15) is 4.39 Å². The summed E-state index contributed by atoms with van der Waals surface area (Å²) in [6.07, 6.45) is 0. The van der Waals surface area contributed by atoms with E-state index < -0.39 is 0 Å². The van der Waals surface area contributed by atoms with E-state index in [4.69, 9.17) is 19.2 Å². The number of ether oxygens (including phenoxy) is 3. The molecule has 0 aliphatic rings. The monoisotopic (exact) mass is 478 g/mol. The van der Waals surface area contributed by atoms with Gasteiger partial charge in [-0.25, -0.2) is 9.37 Å². The Bertz CT molecular complexity index is 1770. The first-order chi connectivity index (χ1) is 17.6. The first kappa shape index (κ1) is 21.9. The minimum Gasteiger partial charge on any atom is -0.496 e. The maximum Gasteiger partial charge on any atom is 0.151 e. The SMILES string of the molecule is COc1cc(-n2c(-c3cccc(F)c3)nc3cc(OC)c4ccccc4c32)c(OC)c2ccccc12. The van der Waals surface area contributed by atoms with Crippen molar-refractivity contribution in [2.24, 2.45) is 0 Å². The lowest BCUT2D eigenvalue weighted by molar-refractivity contribution is 0.409. The molecule has 36 heavy (non-hydrogen) atoms. The Morgan fingerprint density at radius 1 is 0.667 bits per heavy atom. The summed E-state index contributed by atoms with van der Waals surface area (Å²) in [6, 6.07) is 26.3. The summed E-state index contributed by atoms with van der Waals surface area (Å²) >= 11 is 0. The van der Waals surface area contributed by atoms with E-state index in [0.717, 1.165) is 44.0 Å². The molecule has 0 aliphatic carbocycles. The molecule has 0 saturated carbocycles. The van der Waals surface area contributed by atoms with Crippen LogP contribution in [0.3, 0.4) is 0 Å². The highest BCUT2D eigenvalue weighted by Crippen LogP contribution is 2.44. The van der Waals surface area contributed by atoms with E-state index >= 15 is 0 Å². The Labute approximate surface area is 207 Å². The number of methoxy groups -OCH3 is 3. The second-order valence-corrected chi connectivity index (χ2v) is 8.45. The van der Waals surface area contributed by atoms with Gasteiger partial charge in [0.15, 0.2) is 5.75 Å². The molecule has 6 rings (SSSR count). The zero-order chi connectivity index (χ0) is 24.8. The van der Waals surface area contributed by atoms with Gasteiger partial charge in [0.25, 0.3) is 0 Å². The summed E-state index contributed by atoms with van der Waals surface area (Å²) in [4.78, 5) is 4.99. The maximum absolute atomic E-state index is 14.4. The number of imidazole rings is 1. The molecule has 0 fully saturated rings. The number of aromatic nitrogens is 2. The van der Waals surface area contributed by atoms with Gasteiger partial charge in [0.2, 0.25) is 0 Å². The van der Waals surface area contributed by atoms with Gasteiger partial charge < -0.3 is 14.2 Å². The van der Waals surface area contributed by atoms with Crippen LogP contribution in [0.1, 0.15) is 0 Å². The fraction of sp³-hybridized carbons (Fsp3) is 0.100. The molecule has 0 atom stereocenters. The Kier molecular flexibility index (Phi) is 5.22. The lowest BCUT2D eigenvalue weighted by atomic mass is 10.1. The molecule has 6 heteroatoms. The minimum absolute atomic E-state index is 0.336. The van der Waals surface area contributed by atoms with Gasteiger partial charge in [-0.05, 0) is 12.1 Å². The molecule has 0 N–H and O–H groups in total. The molecular formula is C30H23FN2O3. The lowest BCUT2D eigenvalue weighted by Gasteiger charge is -2.19. The Morgan fingerprint density at radius 2 is 1.31 bits per heavy atom. The summed E-state index contributed by atoms with van der Waals surface area (Å²) in [5, 5.41) is 3.74. The van der Waals surface area contributed by atoms with Crippen molar-refractivity contribution in [3.05, 3.63) is 90.7 Å². The molecule has 0 radical (unpaired) electrons. The smallest absolute Gasteiger partial charge is 0.151 e. The van der Waals surface area contributed by atoms with Crippen LogP contribution in [0, 0.1) is 5.82 Å². The zero-order valence-electron chi connectivity index (χ0n) is 20.1. The average molecular weight is 479 g/mol. The van der Waals surface area contributed by atoms with Gasteiger partial charge in [0.1, 0.15) is 23.1 Å². The molecule has 0 bridgehead atoms. The molecule has 6 aromatic rings. The van der Waals surface area contributed by atoms with Crippen molar-refractivity contribution < 1.29 is 18.6 Å². The van der Waals surface area contributed by atoms with E-state index in [-0.39, 0.29) is 5.82 Å². The van der Waals surface area contributed by atoms with Crippen molar-refractivity contribution in [1.82, 2.24) is 9.55 Å². The topological polar surface area (TPSA) is 45.5 Å². The van der Waals surface area contributed by atoms with Crippen molar-refractivity contribution >= 4 is 32.6 Å². The van der Waals surface area contributed by atoms with Crippen LogP contribution in [0.15, 0.2) is 84.9 Å². The van der Waals surface area contributed by atoms with Crippen LogP contribution in [0.4, 0.5) is 4.39 Å². The first-order valence-electron chi connectivity index (χ1n) is 11.5. The summed E-state index contributed by atoms with van der Waals surface area (Å²) in [7, 11) is 4.95. The second-order valence-electron chi connectivity index (χ2n) is 8.45. The van der Waals surface area contributed by atoms with Crippen molar-refractivity contribution in [3.8, 4) is 34.3 Å². The Balaban J connectivity index is 1.84. The summed E-state index contributed by atoms with van der Waals surface area (Å²) in [5.41, 5.74) is 2.97. The summed E-state index contributed by atoms with van der Waals surface area (Å²) < 4.78 is 33.9. The molecule has 5 aromatic carbocycles. The minimum atomic E-state index is -0.336. The standard InChI is InChI=1S/C30H23FN2O3/c1-34-26-16-24-28(22-13-6-4-11-20(22)26)33(30(32-24)18-9-8-10-19(31)15-18)25-17-27(35-2)21-12-5-7-14-23(21)29(25)36-3/h4-17H,1-3H3. The number of hydrogen-bond donors (Lipinski definition) is 0. The van der Waals surface area contributed by atoms with Crippen LogP contribution in [0.2, 0.25) is 0 Å². The van der Waals surface area contributed by atoms with Crippen LogP contribution in [-0.2, 0) is 0 Å². The molecule has 0 aliphatic heterocycles. The van der Waals surface area contributed by atoms with Crippen LogP contribution in [0.25, 0.3) is 49.7 Å². The lowest BCUT2D eigenvalue weighted by Crippen LogP contribution is -2.03. The number of fused-ring (bicyclic) bond motifs is 4. The van der Waals surface area contributed by atoms with Crippen LogP contribution < -0.4 is 14.2 Å². The van der Waals surface area contributed by atoms with E-state index in [2.05, 4.69) is 0 Å². The third kappa shape index (κ3) is 3.26. The number of halogens is 1. The third-order valence-corrected chi connectivity index (χ3v) is 6.53. The highest BCUT2D eigenvalue weighted by atomic mass is 19.1. The van der Waals surface area contributed by atoms with E-state index in [1.54, 1.807) is 27.4 Å². The van der Waals surface area contributed by atoms with Crippen LogP contribution in [0.5, 0.6) is 17.2 Å². The molecule has 1 heterocycles. The van der Waals surface area contributed by atoms with Crippen molar-refractivity contribution in [1.29, 1.82) is 0 Å². The summed E-state index contributed by atoms with van der Waals surface area (Å²) in [5.74, 6) is 2.33. The predicted octanol–water partition coefficient (Wildman–Crippen LogP) is 7.16. The predicted molar refractivity (Wildman–Crippen MR) is 141 cm³/mol. The Hall–Kier alpha value is -4.58. The first-order valence-corrected chi connectivity index (χ1v) is 11.5. The van der Waals surface area contributed by atoms with Gasteiger partial charge in [0, 0.05) is 39.2 Å². The second kappa shape index (κ2) is 8.57. The Morgan fingerprint density at radius 3 is 1.97 bits per heavy atom. The van der Waals surface area contributed by atoms with Crippen LogP contribution >= 0.6 is 0 Å². The number of nitrogens with zero attached hydrogens (tertiary/aromatic N) is 2. The fourth-order valence-electron chi connectivity index (χ4n) is 4.98. The van der Waals surface area contributed by atoms with Gasteiger partial charge in [0.05, 0.1) is 38.1 Å². The van der Waals surface area contributed by atoms with E-state index in [0.29, 0.717) is 22.9 Å². The quantitative estimate of drug-likeness (QED) is 0.264. The average Bonchev–Trinajstić information content (AvgIpc) is 3.31. The van der Waals surface area contributed by atoms with Crippen molar-refractivity contribution in [2.75, 3.05) is 21.3 Å². The molecule has 0 saturated heterocycles. The summed E-state index contributed by atoms with van der Waals surface area (Å²) in [6.45, 7) is 0. The van der Waals surface area contributed by atoms with Gasteiger partial charge in [-0.1, -0.05) is 60.7 Å². The highest BCUT2D eigenvalue weighted by molar-refractivity contribution is 6.10. The molecule has 1 aromatic heterocycles. The normalized spacial score (nSPS) is 11.3. The third-order valence-electron chi connectivity index (χ3n) is 6.53.